The van der Waals surface area contributed by atoms with Crippen molar-refractivity contribution >= 4 is 22.5 Å². The third kappa shape index (κ3) is 2.96. The molecule has 0 saturated heterocycles. The molecule has 0 atom stereocenters. The van der Waals surface area contributed by atoms with Crippen LogP contribution in [-0.4, -0.2) is 18.0 Å². The summed E-state index contributed by atoms with van der Waals surface area (Å²) in [5.41, 5.74) is 1.02. The molecular weight excluding hydrogens is 302 g/mol. The van der Waals surface area contributed by atoms with E-state index in [4.69, 9.17) is 4.74 Å². The molecule has 0 saturated carbocycles. The summed E-state index contributed by atoms with van der Waals surface area (Å²) in [6.07, 6.45) is 0. The van der Waals surface area contributed by atoms with Crippen LogP contribution in [0.2, 0.25) is 0 Å². The largest absolute Gasteiger partial charge is 0.481 e. The number of methoxy groups -OCH3 is 1. The molecule has 0 spiro atoms. The molecular formula is C17H12F2N2O2. The van der Waals surface area contributed by atoms with Gasteiger partial charge in [0.25, 0.3) is 5.91 Å². The van der Waals surface area contributed by atoms with E-state index >= 15 is 0 Å². The number of amides is 1. The van der Waals surface area contributed by atoms with E-state index < -0.39 is 17.5 Å². The summed E-state index contributed by atoms with van der Waals surface area (Å²) in [5, 5.41) is 3.47. The Kier molecular flexibility index (Phi) is 3.89. The van der Waals surface area contributed by atoms with E-state index in [-0.39, 0.29) is 5.56 Å². The van der Waals surface area contributed by atoms with Crippen molar-refractivity contribution in [1.29, 1.82) is 0 Å². The van der Waals surface area contributed by atoms with Crippen LogP contribution in [0.3, 0.4) is 0 Å². The maximum Gasteiger partial charge on any atom is 0.255 e. The first-order valence-corrected chi connectivity index (χ1v) is 6.78. The van der Waals surface area contributed by atoms with E-state index in [0.29, 0.717) is 17.1 Å². The van der Waals surface area contributed by atoms with Crippen molar-refractivity contribution in [3.63, 3.8) is 0 Å². The second-order valence-electron chi connectivity index (χ2n) is 4.81. The van der Waals surface area contributed by atoms with Gasteiger partial charge in [-0.25, -0.2) is 13.8 Å². The summed E-state index contributed by atoms with van der Waals surface area (Å²) in [6.45, 7) is 0. The number of fused-ring (bicyclic) bond motifs is 1. The highest BCUT2D eigenvalue weighted by Crippen LogP contribution is 2.24. The number of hydrogen-bond donors (Lipinski definition) is 1. The predicted octanol–water partition coefficient (Wildman–Crippen LogP) is 3.77. The Morgan fingerprint density at radius 1 is 1.09 bits per heavy atom. The molecule has 0 radical (unpaired) electrons. The number of ether oxygens (including phenoxy) is 1. The zero-order chi connectivity index (χ0) is 16.4. The quantitative estimate of drug-likeness (QED) is 0.800. The number of hydrogen-bond acceptors (Lipinski definition) is 3. The van der Waals surface area contributed by atoms with Gasteiger partial charge in [-0.05, 0) is 30.3 Å². The minimum atomic E-state index is -1.07. The molecule has 0 aliphatic rings. The van der Waals surface area contributed by atoms with E-state index in [0.717, 1.165) is 17.5 Å². The Balaban J connectivity index is 1.97. The van der Waals surface area contributed by atoms with Crippen LogP contribution in [0.15, 0.2) is 48.5 Å². The van der Waals surface area contributed by atoms with Crippen LogP contribution >= 0.6 is 0 Å². The molecule has 4 nitrogen and oxygen atoms in total. The van der Waals surface area contributed by atoms with E-state index in [1.807, 2.05) is 12.1 Å². The van der Waals surface area contributed by atoms with Gasteiger partial charge in [-0.1, -0.05) is 12.1 Å². The molecule has 1 heterocycles. The van der Waals surface area contributed by atoms with E-state index in [1.54, 1.807) is 18.2 Å². The highest BCUT2D eigenvalue weighted by molar-refractivity contribution is 6.08. The minimum Gasteiger partial charge on any atom is -0.481 e. The van der Waals surface area contributed by atoms with Gasteiger partial charge in [0.05, 0.1) is 18.3 Å². The van der Waals surface area contributed by atoms with Crippen LogP contribution in [0.25, 0.3) is 10.9 Å². The number of nitrogens with one attached hydrogen (secondary N) is 1. The Bertz CT molecular complexity index is 897. The normalized spacial score (nSPS) is 10.6. The summed E-state index contributed by atoms with van der Waals surface area (Å²) < 4.78 is 31.3. The van der Waals surface area contributed by atoms with Crippen LogP contribution in [0, 0.1) is 11.6 Å². The van der Waals surface area contributed by atoms with E-state index in [2.05, 4.69) is 10.3 Å². The van der Waals surface area contributed by atoms with Crippen molar-refractivity contribution in [2.75, 3.05) is 12.4 Å². The topological polar surface area (TPSA) is 51.2 Å². The fraction of sp³-hybridized carbons (Fsp3) is 0.0588. The lowest BCUT2D eigenvalue weighted by Gasteiger charge is -2.09. The first-order valence-electron chi connectivity index (χ1n) is 6.78. The van der Waals surface area contributed by atoms with E-state index in [9.17, 15) is 13.6 Å². The number of carbonyl (C=O) groups excluding carboxylic acids is 1. The maximum absolute atomic E-state index is 13.2. The second-order valence-corrected chi connectivity index (χ2v) is 4.81. The Hall–Kier alpha value is -3.02. The highest BCUT2D eigenvalue weighted by atomic mass is 19.2. The molecule has 1 N–H and O–H groups in total. The van der Waals surface area contributed by atoms with Gasteiger partial charge in [0.2, 0.25) is 5.88 Å². The first kappa shape index (κ1) is 14.9. The zero-order valence-electron chi connectivity index (χ0n) is 12.1. The van der Waals surface area contributed by atoms with Gasteiger partial charge in [0.15, 0.2) is 11.6 Å². The van der Waals surface area contributed by atoms with Gasteiger partial charge in [-0.2, -0.15) is 0 Å². The number of benzene rings is 2. The Morgan fingerprint density at radius 2 is 1.91 bits per heavy atom. The molecule has 1 amide bonds. The third-order valence-electron chi connectivity index (χ3n) is 3.33. The molecule has 1 aromatic heterocycles. The van der Waals surface area contributed by atoms with Gasteiger partial charge in [0.1, 0.15) is 0 Å². The maximum atomic E-state index is 13.2. The number of para-hydroxylation sites is 1. The smallest absolute Gasteiger partial charge is 0.255 e. The van der Waals surface area contributed by atoms with E-state index in [1.165, 1.54) is 13.2 Å². The van der Waals surface area contributed by atoms with Crippen molar-refractivity contribution in [2.45, 2.75) is 0 Å². The van der Waals surface area contributed by atoms with Gasteiger partial charge < -0.3 is 10.1 Å². The van der Waals surface area contributed by atoms with Crippen LogP contribution < -0.4 is 10.1 Å². The number of aromatic nitrogens is 1. The summed E-state index contributed by atoms with van der Waals surface area (Å²) in [7, 11) is 1.50. The lowest BCUT2D eigenvalue weighted by atomic mass is 10.1. The first-order chi connectivity index (χ1) is 11.1. The van der Waals surface area contributed by atoms with Crippen molar-refractivity contribution in [1.82, 2.24) is 4.98 Å². The van der Waals surface area contributed by atoms with Crippen molar-refractivity contribution < 1.29 is 18.3 Å². The summed E-state index contributed by atoms with van der Waals surface area (Å²) >= 11 is 0. The standard InChI is InChI=1S/C17H12F2N2O2/c1-23-15-8-6-10-3-2-4-14(16(10)21-15)20-17(22)11-5-7-12(18)13(19)9-11/h2-9H,1H3,(H,20,22). The average Bonchev–Trinajstić information content (AvgIpc) is 2.57. The van der Waals surface area contributed by atoms with Gasteiger partial charge in [-0.15, -0.1) is 0 Å². The summed E-state index contributed by atoms with van der Waals surface area (Å²) in [4.78, 5) is 16.5. The number of halogens is 2. The lowest BCUT2D eigenvalue weighted by Crippen LogP contribution is -2.13. The van der Waals surface area contributed by atoms with Crippen LogP contribution in [0.5, 0.6) is 5.88 Å². The number of pyridine rings is 1. The predicted molar refractivity (Wildman–Crippen MR) is 82.6 cm³/mol. The van der Waals surface area contributed by atoms with Crippen LogP contribution in [0.1, 0.15) is 10.4 Å². The number of carbonyl (C=O) groups is 1. The lowest BCUT2D eigenvalue weighted by molar-refractivity contribution is 0.102. The molecule has 2 aromatic carbocycles. The summed E-state index contributed by atoms with van der Waals surface area (Å²) in [5.74, 6) is -2.22. The van der Waals surface area contributed by atoms with Gasteiger partial charge in [0, 0.05) is 17.0 Å². The zero-order valence-corrected chi connectivity index (χ0v) is 12.1. The molecule has 3 aromatic rings. The average molecular weight is 314 g/mol. The van der Waals surface area contributed by atoms with Crippen molar-refractivity contribution in [3.05, 3.63) is 65.7 Å². The molecule has 0 unspecified atom stereocenters. The third-order valence-corrected chi connectivity index (χ3v) is 3.33. The molecule has 0 bridgehead atoms. The highest BCUT2D eigenvalue weighted by Gasteiger charge is 2.12. The Labute approximate surface area is 130 Å². The monoisotopic (exact) mass is 314 g/mol. The van der Waals surface area contributed by atoms with Gasteiger partial charge in [-0.3, -0.25) is 4.79 Å². The fourth-order valence-corrected chi connectivity index (χ4v) is 2.18. The van der Waals surface area contributed by atoms with Crippen LogP contribution in [0.4, 0.5) is 14.5 Å². The molecule has 0 aliphatic carbocycles. The van der Waals surface area contributed by atoms with Crippen molar-refractivity contribution in [3.8, 4) is 5.88 Å². The van der Waals surface area contributed by atoms with Crippen LogP contribution in [-0.2, 0) is 0 Å². The minimum absolute atomic E-state index is 0.0174. The molecule has 6 heteroatoms. The van der Waals surface area contributed by atoms with Gasteiger partial charge >= 0.3 is 0 Å². The molecule has 3 rings (SSSR count). The van der Waals surface area contributed by atoms with Crippen molar-refractivity contribution in [2.24, 2.45) is 0 Å². The molecule has 116 valence electrons. The molecule has 0 aliphatic heterocycles. The Morgan fingerprint density at radius 3 is 2.65 bits per heavy atom. The number of anilines is 1. The SMILES string of the molecule is COc1ccc2cccc(NC(=O)c3ccc(F)c(F)c3)c2n1. The number of nitrogens with zero attached hydrogens (tertiary/aromatic N) is 1. The number of rotatable bonds is 3. The fourth-order valence-electron chi connectivity index (χ4n) is 2.18. The second kappa shape index (κ2) is 6.00. The summed E-state index contributed by atoms with van der Waals surface area (Å²) in [6, 6.07) is 11.8. The molecule has 0 fully saturated rings. The molecule has 23 heavy (non-hydrogen) atoms.